The SMILES string of the molecule is O=C(NC1(CCl)CCCCC1)c1ccsc1. The fourth-order valence-electron chi connectivity index (χ4n) is 2.23. The van der Waals surface area contributed by atoms with Crippen molar-refractivity contribution in [2.75, 3.05) is 5.88 Å². The second-order valence-electron chi connectivity index (χ2n) is 4.44. The van der Waals surface area contributed by atoms with Crippen molar-refractivity contribution in [2.24, 2.45) is 0 Å². The van der Waals surface area contributed by atoms with Crippen molar-refractivity contribution in [1.29, 1.82) is 0 Å². The minimum atomic E-state index is -0.168. The number of alkyl halides is 1. The van der Waals surface area contributed by atoms with Crippen LogP contribution in [-0.2, 0) is 0 Å². The first kappa shape index (κ1) is 11.9. The van der Waals surface area contributed by atoms with Gasteiger partial charge in [-0.25, -0.2) is 0 Å². The van der Waals surface area contributed by atoms with Gasteiger partial charge in [0.25, 0.3) is 5.91 Å². The van der Waals surface area contributed by atoms with Crippen LogP contribution in [0, 0.1) is 0 Å². The fourth-order valence-corrected chi connectivity index (χ4v) is 3.20. The zero-order valence-electron chi connectivity index (χ0n) is 9.17. The molecule has 0 aliphatic heterocycles. The van der Waals surface area contributed by atoms with Crippen LogP contribution in [0.15, 0.2) is 16.8 Å². The number of halogens is 1. The molecule has 1 aromatic rings. The summed E-state index contributed by atoms with van der Waals surface area (Å²) in [5.41, 5.74) is 0.582. The molecule has 1 aliphatic carbocycles. The molecule has 0 unspecified atom stereocenters. The average Bonchev–Trinajstić information content (AvgIpc) is 2.84. The molecule has 88 valence electrons. The molecule has 2 nitrogen and oxygen atoms in total. The molecule has 1 aliphatic rings. The lowest BCUT2D eigenvalue weighted by Gasteiger charge is -2.36. The summed E-state index contributed by atoms with van der Waals surface area (Å²) in [4.78, 5) is 12.0. The first-order chi connectivity index (χ1) is 7.76. The highest BCUT2D eigenvalue weighted by molar-refractivity contribution is 7.08. The van der Waals surface area contributed by atoms with Gasteiger partial charge in [-0.3, -0.25) is 4.79 Å². The summed E-state index contributed by atoms with van der Waals surface area (Å²) in [6, 6.07) is 1.85. The molecule has 0 bridgehead atoms. The van der Waals surface area contributed by atoms with Crippen molar-refractivity contribution < 1.29 is 4.79 Å². The van der Waals surface area contributed by atoms with Crippen molar-refractivity contribution in [1.82, 2.24) is 5.32 Å². The third-order valence-corrected chi connectivity index (χ3v) is 4.42. The van der Waals surface area contributed by atoms with Crippen LogP contribution in [0.2, 0.25) is 0 Å². The molecule has 0 saturated heterocycles. The van der Waals surface area contributed by atoms with Gasteiger partial charge in [0, 0.05) is 11.3 Å². The third kappa shape index (κ3) is 2.58. The molecule has 0 spiro atoms. The summed E-state index contributed by atoms with van der Waals surface area (Å²) in [6.45, 7) is 0. The summed E-state index contributed by atoms with van der Waals surface area (Å²) in [5, 5.41) is 6.92. The molecule has 1 aromatic heterocycles. The first-order valence-corrected chi connectivity index (χ1v) is 7.14. The van der Waals surface area contributed by atoms with Crippen molar-refractivity contribution in [2.45, 2.75) is 37.6 Å². The van der Waals surface area contributed by atoms with E-state index < -0.39 is 0 Å². The Morgan fingerprint density at radius 1 is 1.44 bits per heavy atom. The van der Waals surface area contributed by atoms with Gasteiger partial charge in [-0.1, -0.05) is 19.3 Å². The van der Waals surface area contributed by atoms with Gasteiger partial charge in [-0.05, 0) is 24.3 Å². The molecule has 1 amide bonds. The quantitative estimate of drug-likeness (QED) is 0.826. The van der Waals surface area contributed by atoms with E-state index in [-0.39, 0.29) is 11.4 Å². The highest BCUT2D eigenvalue weighted by atomic mass is 35.5. The van der Waals surface area contributed by atoms with E-state index in [0.29, 0.717) is 5.88 Å². The van der Waals surface area contributed by atoms with E-state index in [1.54, 1.807) is 11.3 Å². The van der Waals surface area contributed by atoms with Crippen LogP contribution in [0.5, 0.6) is 0 Å². The van der Waals surface area contributed by atoms with Crippen LogP contribution < -0.4 is 5.32 Å². The molecule has 4 heteroatoms. The van der Waals surface area contributed by atoms with Gasteiger partial charge >= 0.3 is 0 Å². The van der Waals surface area contributed by atoms with E-state index in [9.17, 15) is 4.79 Å². The number of rotatable bonds is 3. The molecule has 2 rings (SSSR count). The van der Waals surface area contributed by atoms with E-state index >= 15 is 0 Å². The van der Waals surface area contributed by atoms with Gasteiger partial charge in [0.1, 0.15) is 0 Å². The van der Waals surface area contributed by atoms with Crippen molar-refractivity contribution in [3.8, 4) is 0 Å². The molecule has 1 fully saturated rings. The average molecular weight is 258 g/mol. The molecule has 1 N–H and O–H groups in total. The Bertz CT molecular complexity index is 344. The summed E-state index contributed by atoms with van der Waals surface area (Å²) < 4.78 is 0. The van der Waals surface area contributed by atoms with Gasteiger partial charge < -0.3 is 5.32 Å². The molecule has 1 heterocycles. The Hall–Kier alpha value is -0.540. The summed E-state index contributed by atoms with van der Waals surface area (Å²) in [6.07, 6.45) is 5.60. The van der Waals surface area contributed by atoms with E-state index in [0.717, 1.165) is 31.2 Å². The van der Waals surface area contributed by atoms with Crippen LogP contribution in [0.1, 0.15) is 42.5 Å². The predicted octanol–water partition coefficient (Wildman–Crippen LogP) is 3.42. The minimum Gasteiger partial charge on any atom is -0.345 e. The lowest BCUT2D eigenvalue weighted by atomic mass is 9.83. The van der Waals surface area contributed by atoms with Crippen LogP contribution in [-0.4, -0.2) is 17.3 Å². The van der Waals surface area contributed by atoms with Crippen molar-refractivity contribution in [3.05, 3.63) is 22.4 Å². The smallest absolute Gasteiger partial charge is 0.252 e. The zero-order valence-corrected chi connectivity index (χ0v) is 10.7. The number of nitrogens with one attached hydrogen (secondary N) is 1. The van der Waals surface area contributed by atoms with Gasteiger partial charge in [0.15, 0.2) is 0 Å². The molecule has 1 saturated carbocycles. The maximum absolute atomic E-state index is 12.0. The fraction of sp³-hybridized carbons (Fsp3) is 0.583. The molecule has 16 heavy (non-hydrogen) atoms. The van der Waals surface area contributed by atoms with E-state index in [1.807, 2.05) is 16.8 Å². The van der Waals surface area contributed by atoms with Crippen LogP contribution in [0.3, 0.4) is 0 Å². The Kier molecular flexibility index (Phi) is 3.87. The van der Waals surface area contributed by atoms with Crippen molar-refractivity contribution >= 4 is 28.8 Å². The molecular formula is C12H16ClNOS. The number of hydrogen-bond acceptors (Lipinski definition) is 2. The van der Waals surface area contributed by atoms with Crippen LogP contribution >= 0.6 is 22.9 Å². The summed E-state index contributed by atoms with van der Waals surface area (Å²) >= 11 is 7.57. The molecule has 0 radical (unpaired) electrons. The predicted molar refractivity (Wildman–Crippen MR) is 68.3 cm³/mol. The first-order valence-electron chi connectivity index (χ1n) is 5.66. The maximum atomic E-state index is 12.0. The monoisotopic (exact) mass is 257 g/mol. The van der Waals surface area contributed by atoms with Gasteiger partial charge in [-0.2, -0.15) is 11.3 Å². The van der Waals surface area contributed by atoms with Crippen molar-refractivity contribution in [3.63, 3.8) is 0 Å². The Morgan fingerprint density at radius 3 is 2.75 bits per heavy atom. The van der Waals surface area contributed by atoms with Crippen LogP contribution in [0.25, 0.3) is 0 Å². The highest BCUT2D eigenvalue weighted by Crippen LogP contribution is 2.29. The number of carbonyl (C=O) groups is 1. The summed E-state index contributed by atoms with van der Waals surface area (Å²) in [5.74, 6) is 0.534. The van der Waals surface area contributed by atoms with E-state index in [2.05, 4.69) is 5.32 Å². The maximum Gasteiger partial charge on any atom is 0.252 e. The second kappa shape index (κ2) is 5.19. The molecule has 0 aromatic carbocycles. The summed E-state index contributed by atoms with van der Waals surface area (Å²) in [7, 11) is 0. The zero-order chi connectivity index (χ0) is 11.4. The third-order valence-electron chi connectivity index (χ3n) is 3.23. The largest absolute Gasteiger partial charge is 0.345 e. The Labute approximate surface area is 105 Å². The lowest BCUT2D eigenvalue weighted by molar-refractivity contribution is 0.0885. The number of thiophene rings is 1. The highest BCUT2D eigenvalue weighted by Gasteiger charge is 2.32. The standard InChI is InChI=1S/C12H16ClNOS/c13-9-12(5-2-1-3-6-12)14-11(15)10-4-7-16-8-10/h4,7-8H,1-3,5-6,9H2,(H,14,15). The normalized spacial score (nSPS) is 19.3. The molecule has 0 atom stereocenters. The van der Waals surface area contributed by atoms with Gasteiger partial charge in [0.05, 0.1) is 11.1 Å². The van der Waals surface area contributed by atoms with E-state index in [4.69, 9.17) is 11.6 Å². The Balaban J connectivity index is 2.03. The second-order valence-corrected chi connectivity index (χ2v) is 5.49. The minimum absolute atomic E-state index is 0.0174. The number of carbonyl (C=O) groups excluding carboxylic acids is 1. The number of hydrogen-bond donors (Lipinski definition) is 1. The van der Waals surface area contributed by atoms with E-state index in [1.165, 1.54) is 6.42 Å². The Morgan fingerprint density at radius 2 is 2.19 bits per heavy atom. The molecular weight excluding hydrogens is 242 g/mol. The van der Waals surface area contributed by atoms with Gasteiger partial charge in [0.2, 0.25) is 0 Å². The van der Waals surface area contributed by atoms with Crippen LogP contribution in [0.4, 0.5) is 0 Å². The topological polar surface area (TPSA) is 29.1 Å². The lowest BCUT2D eigenvalue weighted by Crippen LogP contribution is -2.51. The number of amides is 1. The van der Waals surface area contributed by atoms with Gasteiger partial charge in [-0.15, -0.1) is 11.6 Å².